The third-order valence-corrected chi connectivity index (χ3v) is 3.22. The van der Waals surface area contributed by atoms with Crippen molar-refractivity contribution >= 4 is 17.3 Å². The molecule has 6 heteroatoms. The number of ketones is 1. The van der Waals surface area contributed by atoms with Gasteiger partial charge in [-0.3, -0.25) is 9.59 Å². The third kappa shape index (κ3) is 2.58. The van der Waals surface area contributed by atoms with Crippen molar-refractivity contribution < 1.29 is 14.3 Å². The van der Waals surface area contributed by atoms with E-state index in [1.165, 1.54) is 6.08 Å². The molecule has 1 N–H and O–H groups in total. The Hall–Kier alpha value is -3.02. The lowest BCUT2D eigenvalue weighted by molar-refractivity contribution is -0.113. The maximum absolute atomic E-state index is 13.5. The zero-order valence-electron chi connectivity index (χ0n) is 11.4. The molecule has 2 aromatic rings. The summed E-state index contributed by atoms with van der Waals surface area (Å²) in [6, 6.07) is 9.13. The molecule has 22 heavy (non-hydrogen) atoms. The molecule has 0 bridgehead atoms. The number of halogens is 1. The van der Waals surface area contributed by atoms with Gasteiger partial charge in [-0.15, -0.1) is 0 Å². The average Bonchev–Trinajstić information content (AvgIpc) is 2.52. The molecular formula is C16H11FN2O3. The second-order valence-electron chi connectivity index (χ2n) is 4.80. The first-order valence-corrected chi connectivity index (χ1v) is 6.53. The van der Waals surface area contributed by atoms with Gasteiger partial charge >= 0.3 is 0 Å². The van der Waals surface area contributed by atoms with Crippen LogP contribution in [0.2, 0.25) is 0 Å². The average molecular weight is 298 g/mol. The molecule has 0 saturated carbocycles. The topological polar surface area (TPSA) is 71.7 Å². The van der Waals surface area contributed by atoms with E-state index in [-0.39, 0.29) is 18.0 Å². The van der Waals surface area contributed by atoms with Crippen LogP contribution < -0.4 is 5.43 Å². The summed E-state index contributed by atoms with van der Waals surface area (Å²) in [5.41, 5.74) is 0.236. The number of rotatable bonds is 2. The van der Waals surface area contributed by atoms with Gasteiger partial charge in [-0.05, 0) is 5.56 Å². The summed E-state index contributed by atoms with van der Waals surface area (Å²) in [5.74, 6) is -1.91. The van der Waals surface area contributed by atoms with Crippen LogP contribution in [0, 0.1) is 5.82 Å². The summed E-state index contributed by atoms with van der Waals surface area (Å²) < 4.78 is 14.6. The van der Waals surface area contributed by atoms with Crippen LogP contribution >= 0.6 is 0 Å². The number of hydrogen-bond donors (Lipinski definition) is 1. The van der Waals surface area contributed by atoms with E-state index in [9.17, 15) is 19.1 Å². The number of allylic oxidation sites excluding steroid dienone is 1. The lowest BCUT2D eigenvalue weighted by Gasteiger charge is -2.14. The van der Waals surface area contributed by atoms with Crippen LogP contribution in [-0.4, -0.2) is 21.2 Å². The van der Waals surface area contributed by atoms with Gasteiger partial charge in [-0.25, -0.2) is 9.38 Å². The van der Waals surface area contributed by atoms with Crippen molar-refractivity contribution in [3.05, 3.63) is 70.4 Å². The van der Waals surface area contributed by atoms with Crippen LogP contribution in [0.15, 0.2) is 58.6 Å². The van der Waals surface area contributed by atoms with E-state index in [2.05, 4.69) is 4.99 Å². The quantitative estimate of drug-likeness (QED) is 0.921. The van der Waals surface area contributed by atoms with Crippen molar-refractivity contribution in [1.82, 2.24) is 4.57 Å². The summed E-state index contributed by atoms with van der Waals surface area (Å²) in [6.07, 6.45) is 3.30. The Balaban J connectivity index is 2.09. The Kier molecular flexibility index (Phi) is 3.42. The second-order valence-corrected chi connectivity index (χ2v) is 4.80. The SMILES string of the molecule is O=C1C=C(n2cc(O)c(=O)c(F)c2)N=C(c2ccccc2)C1. The minimum atomic E-state index is -1.12. The first-order chi connectivity index (χ1) is 10.5. The Labute approximate surface area is 124 Å². The van der Waals surface area contributed by atoms with Gasteiger partial charge in [0.15, 0.2) is 17.3 Å². The van der Waals surface area contributed by atoms with Gasteiger partial charge in [0, 0.05) is 6.08 Å². The summed E-state index contributed by atoms with van der Waals surface area (Å²) in [6.45, 7) is 0. The minimum absolute atomic E-state index is 0.141. The van der Waals surface area contributed by atoms with Crippen LogP contribution in [0.3, 0.4) is 0 Å². The highest BCUT2D eigenvalue weighted by Crippen LogP contribution is 2.19. The highest BCUT2D eigenvalue weighted by Gasteiger charge is 2.17. The van der Waals surface area contributed by atoms with E-state index in [1.54, 1.807) is 0 Å². The fourth-order valence-electron chi connectivity index (χ4n) is 2.16. The number of pyridine rings is 1. The van der Waals surface area contributed by atoms with E-state index < -0.39 is 17.0 Å². The number of nitrogens with zero attached hydrogens (tertiary/aromatic N) is 2. The van der Waals surface area contributed by atoms with E-state index in [0.717, 1.165) is 22.5 Å². The molecule has 5 nitrogen and oxygen atoms in total. The van der Waals surface area contributed by atoms with E-state index in [4.69, 9.17) is 0 Å². The lowest BCUT2D eigenvalue weighted by Crippen LogP contribution is -2.16. The summed E-state index contributed by atoms with van der Waals surface area (Å²) in [5, 5.41) is 9.43. The second kappa shape index (κ2) is 5.40. The molecule has 1 aliphatic rings. The Morgan fingerprint density at radius 1 is 1.14 bits per heavy atom. The molecule has 0 aliphatic carbocycles. The molecule has 2 heterocycles. The molecule has 0 atom stereocenters. The van der Waals surface area contributed by atoms with Crippen LogP contribution in [0.1, 0.15) is 12.0 Å². The van der Waals surface area contributed by atoms with Gasteiger partial charge < -0.3 is 9.67 Å². The van der Waals surface area contributed by atoms with Crippen molar-refractivity contribution in [2.45, 2.75) is 6.42 Å². The molecule has 1 aromatic heterocycles. The predicted molar refractivity (Wildman–Crippen MR) is 79.2 cm³/mol. The third-order valence-electron chi connectivity index (χ3n) is 3.22. The predicted octanol–water partition coefficient (Wildman–Crippen LogP) is 1.95. The largest absolute Gasteiger partial charge is 0.503 e. The number of aromatic nitrogens is 1. The highest BCUT2D eigenvalue weighted by molar-refractivity contribution is 6.18. The number of hydrogen-bond acceptors (Lipinski definition) is 4. The van der Waals surface area contributed by atoms with Crippen LogP contribution in [0.4, 0.5) is 4.39 Å². The monoisotopic (exact) mass is 298 g/mol. The number of aliphatic imine (C=N–C) groups is 1. The molecular weight excluding hydrogens is 287 g/mol. The van der Waals surface area contributed by atoms with Gasteiger partial charge in [0.2, 0.25) is 0 Å². The molecule has 3 rings (SSSR count). The van der Waals surface area contributed by atoms with Crippen LogP contribution in [0.25, 0.3) is 5.82 Å². The molecule has 0 fully saturated rings. The number of aromatic hydroxyl groups is 1. The first kappa shape index (κ1) is 13.9. The Morgan fingerprint density at radius 3 is 2.55 bits per heavy atom. The van der Waals surface area contributed by atoms with Gasteiger partial charge in [-0.2, -0.15) is 0 Å². The molecule has 0 saturated heterocycles. The van der Waals surface area contributed by atoms with E-state index >= 15 is 0 Å². The normalized spacial score (nSPS) is 14.5. The molecule has 0 amide bonds. The van der Waals surface area contributed by atoms with Crippen molar-refractivity contribution in [2.75, 3.05) is 0 Å². The standard InChI is InChI=1S/C16H11FN2O3/c17-12-8-19(9-14(21)16(12)22)15-7-11(20)6-13(18-15)10-4-2-1-3-5-10/h1-5,7-9,21H,6H2. The van der Waals surface area contributed by atoms with Crippen LogP contribution in [0.5, 0.6) is 5.75 Å². The van der Waals surface area contributed by atoms with Gasteiger partial charge in [-0.1, -0.05) is 30.3 Å². The number of benzene rings is 1. The zero-order valence-corrected chi connectivity index (χ0v) is 11.4. The fourth-order valence-corrected chi connectivity index (χ4v) is 2.16. The van der Waals surface area contributed by atoms with Crippen molar-refractivity contribution in [2.24, 2.45) is 4.99 Å². The van der Waals surface area contributed by atoms with Crippen molar-refractivity contribution in [3.8, 4) is 5.75 Å². The number of carbonyl (C=O) groups is 1. The van der Waals surface area contributed by atoms with Gasteiger partial charge in [0.25, 0.3) is 5.43 Å². The van der Waals surface area contributed by atoms with Crippen molar-refractivity contribution in [3.63, 3.8) is 0 Å². The summed E-state index contributed by atoms with van der Waals surface area (Å²) >= 11 is 0. The molecule has 0 unspecified atom stereocenters. The summed E-state index contributed by atoms with van der Waals surface area (Å²) in [4.78, 5) is 27.4. The van der Waals surface area contributed by atoms with Crippen LogP contribution in [-0.2, 0) is 4.79 Å². The molecule has 0 radical (unpaired) electrons. The van der Waals surface area contributed by atoms with Gasteiger partial charge in [0.05, 0.1) is 24.5 Å². The first-order valence-electron chi connectivity index (χ1n) is 6.53. The molecule has 0 spiro atoms. The van der Waals surface area contributed by atoms with Gasteiger partial charge in [0.1, 0.15) is 5.82 Å². The maximum atomic E-state index is 13.5. The maximum Gasteiger partial charge on any atom is 0.258 e. The fraction of sp³-hybridized carbons (Fsp3) is 0.0625. The van der Waals surface area contributed by atoms with E-state index in [1.807, 2.05) is 30.3 Å². The smallest absolute Gasteiger partial charge is 0.258 e. The lowest BCUT2D eigenvalue weighted by atomic mass is 10.0. The highest BCUT2D eigenvalue weighted by atomic mass is 19.1. The summed E-state index contributed by atoms with van der Waals surface area (Å²) in [7, 11) is 0. The Morgan fingerprint density at radius 2 is 1.86 bits per heavy atom. The number of carbonyl (C=O) groups excluding carboxylic acids is 1. The van der Waals surface area contributed by atoms with Crippen molar-refractivity contribution in [1.29, 1.82) is 0 Å². The zero-order chi connectivity index (χ0) is 15.7. The Bertz CT molecular complexity index is 840. The molecule has 1 aliphatic heterocycles. The molecule has 1 aromatic carbocycles. The minimum Gasteiger partial charge on any atom is -0.503 e. The molecule has 110 valence electrons. The van der Waals surface area contributed by atoms with E-state index in [0.29, 0.717) is 5.71 Å².